The summed E-state index contributed by atoms with van der Waals surface area (Å²) in [6, 6.07) is 6.09. The Balaban J connectivity index is 2.22. The van der Waals surface area contributed by atoms with Crippen LogP contribution < -0.4 is 11.2 Å². The van der Waals surface area contributed by atoms with Crippen LogP contribution in [-0.4, -0.2) is 32.8 Å². The number of aliphatic carboxylic acids is 1. The first-order valence-corrected chi connectivity index (χ1v) is 9.97. The second-order valence-corrected chi connectivity index (χ2v) is 7.52. The Morgan fingerprint density at radius 3 is 2.53 bits per heavy atom. The smallest absolute Gasteiger partial charge is 0.348 e. The van der Waals surface area contributed by atoms with Crippen molar-refractivity contribution in [3.05, 3.63) is 66.9 Å². The second-order valence-electron chi connectivity index (χ2n) is 6.52. The summed E-state index contributed by atoms with van der Waals surface area (Å²) in [5.74, 6) is -2.42. The third kappa shape index (κ3) is 3.90. The molecule has 2 heterocycles. The number of aryl methyl sites for hydroxylation is 3. The number of aromatic nitrogens is 2. The van der Waals surface area contributed by atoms with Crippen LogP contribution in [0.2, 0.25) is 0 Å². The molecule has 0 spiro atoms. The number of esters is 1. The van der Waals surface area contributed by atoms with Gasteiger partial charge in [-0.15, -0.1) is 11.3 Å². The van der Waals surface area contributed by atoms with E-state index in [1.54, 1.807) is 32.0 Å². The van der Waals surface area contributed by atoms with Crippen LogP contribution in [0, 0.1) is 12.7 Å². The van der Waals surface area contributed by atoms with E-state index in [4.69, 9.17) is 9.84 Å². The topological polar surface area (TPSA) is 108 Å². The summed E-state index contributed by atoms with van der Waals surface area (Å²) in [6.07, 6.45) is 0.138. The minimum Gasteiger partial charge on any atom is -0.480 e. The average Bonchev–Trinajstić information content (AvgIpc) is 3.03. The van der Waals surface area contributed by atoms with Crippen molar-refractivity contribution < 1.29 is 23.8 Å². The lowest BCUT2D eigenvalue weighted by Gasteiger charge is -2.11. The lowest BCUT2D eigenvalue weighted by Crippen LogP contribution is -2.41. The number of carboxylic acids is 1. The van der Waals surface area contributed by atoms with Gasteiger partial charge in [-0.25, -0.2) is 18.5 Å². The molecule has 0 fully saturated rings. The predicted octanol–water partition coefficient (Wildman–Crippen LogP) is 2.18. The molecule has 0 unspecified atom stereocenters. The fourth-order valence-corrected chi connectivity index (χ4v) is 4.40. The molecule has 0 saturated heterocycles. The quantitative estimate of drug-likeness (QED) is 0.571. The highest BCUT2D eigenvalue weighted by Crippen LogP contribution is 2.28. The first kappa shape index (κ1) is 21.4. The molecule has 0 radical (unpaired) electrons. The van der Waals surface area contributed by atoms with Gasteiger partial charge in [0.05, 0.1) is 12.0 Å². The van der Waals surface area contributed by atoms with Gasteiger partial charge in [0.2, 0.25) is 0 Å². The number of carboxylic acid groups (broad SMARTS) is 1. The number of fused-ring (bicyclic) bond motifs is 1. The van der Waals surface area contributed by atoms with Crippen LogP contribution in [0.15, 0.2) is 33.9 Å². The molecule has 0 aliphatic carbocycles. The van der Waals surface area contributed by atoms with E-state index in [1.165, 1.54) is 10.6 Å². The van der Waals surface area contributed by atoms with E-state index in [1.807, 2.05) is 0 Å². The molecule has 0 atom stereocenters. The largest absolute Gasteiger partial charge is 0.480 e. The zero-order chi connectivity index (χ0) is 22.0. The number of hydrogen-bond acceptors (Lipinski definition) is 6. The number of rotatable bonds is 7. The maximum atomic E-state index is 14.0. The molecule has 10 heteroatoms. The van der Waals surface area contributed by atoms with Crippen LogP contribution in [-0.2, 0) is 29.0 Å². The monoisotopic (exact) mass is 434 g/mol. The molecule has 0 aliphatic rings. The number of hydrogen-bond donors (Lipinski definition) is 1. The standard InChI is InChI=1S/C20H19FN2O6S/c1-3-29-19(27)16-11(2)15-17(26)23(10-14(24)25)20(28)22(18(15)30-16)9-8-12-6-4-5-7-13(12)21/h4-7H,3,8-10H2,1-2H3,(H,24,25). The van der Waals surface area contributed by atoms with Gasteiger partial charge in [-0.05, 0) is 37.5 Å². The maximum Gasteiger partial charge on any atom is 0.348 e. The van der Waals surface area contributed by atoms with Gasteiger partial charge in [-0.3, -0.25) is 14.2 Å². The van der Waals surface area contributed by atoms with Crippen molar-refractivity contribution in [2.45, 2.75) is 33.4 Å². The number of carbonyl (C=O) groups excluding carboxylic acids is 1. The summed E-state index contributed by atoms with van der Waals surface area (Å²) in [4.78, 5) is 49.6. The molecule has 3 rings (SSSR count). The average molecular weight is 434 g/mol. The van der Waals surface area contributed by atoms with E-state index < -0.39 is 35.5 Å². The Bertz CT molecular complexity index is 1260. The summed E-state index contributed by atoms with van der Waals surface area (Å²) < 4.78 is 20.8. The zero-order valence-electron chi connectivity index (χ0n) is 16.3. The van der Waals surface area contributed by atoms with Crippen molar-refractivity contribution in [3.63, 3.8) is 0 Å². The first-order valence-electron chi connectivity index (χ1n) is 9.15. The summed E-state index contributed by atoms with van der Waals surface area (Å²) in [6.45, 7) is 2.50. The minimum absolute atomic E-state index is 0.00160. The number of nitrogens with zero attached hydrogens (tertiary/aromatic N) is 2. The zero-order valence-corrected chi connectivity index (χ0v) is 17.1. The van der Waals surface area contributed by atoms with E-state index in [2.05, 4.69) is 0 Å². The van der Waals surface area contributed by atoms with Gasteiger partial charge in [0.15, 0.2) is 0 Å². The molecular weight excluding hydrogens is 415 g/mol. The van der Waals surface area contributed by atoms with E-state index in [9.17, 15) is 23.6 Å². The molecule has 2 aromatic heterocycles. The van der Waals surface area contributed by atoms with E-state index in [0.717, 1.165) is 11.3 Å². The molecule has 3 aromatic rings. The molecule has 1 aromatic carbocycles. The lowest BCUT2D eigenvalue weighted by molar-refractivity contribution is -0.137. The highest BCUT2D eigenvalue weighted by atomic mass is 32.1. The normalized spacial score (nSPS) is 11.0. The van der Waals surface area contributed by atoms with Gasteiger partial charge in [0.25, 0.3) is 5.56 Å². The van der Waals surface area contributed by atoms with Gasteiger partial charge >= 0.3 is 17.6 Å². The van der Waals surface area contributed by atoms with E-state index in [-0.39, 0.29) is 34.7 Å². The predicted molar refractivity (Wildman–Crippen MR) is 109 cm³/mol. The fraction of sp³-hybridized carbons (Fsp3) is 0.300. The number of thiophene rings is 1. The Hall–Kier alpha value is -3.27. The van der Waals surface area contributed by atoms with Crippen molar-refractivity contribution in [1.29, 1.82) is 0 Å². The number of carbonyl (C=O) groups is 2. The van der Waals surface area contributed by atoms with Gasteiger partial charge in [0, 0.05) is 6.54 Å². The second kappa shape index (κ2) is 8.62. The van der Waals surface area contributed by atoms with Crippen molar-refractivity contribution in [2.75, 3.05) is 6.61 Å². The molecular formula is C20H19FN2O6S. The molecule has 0 aliphatic heterocycles. The van der Waals surface area contributed by atoms with Crippen LogP contribution in [0.25, 0.3) is 10.2 Å². The summed E-state index contributed by atoms with van der Waals surface area (Å²) >= 11 is 0.928. The van der Waals surface area contributed by atoms with E-state index >= 15 is 0 Å². The molecule has 8 nitrogen and oxygen atoms in total. The Morgan fingerprint density at radius 2 is 1.90 bits per heavy atom. The molecule has 0 saturated carbocycles. The van der Waals surface area contributed by atoms with Crippen molar-refractivity contribution >= 4 is 33.5 Å². The molecule has 0 bridgehead atoms. The third-order valence-corrected chi connectivity index (χ3v) is 5.91. The van der Waals surface area contributed by atoms with Crippen LogP contribution >= 0.6 is 11.3 Å². The Kier molecular flexibility index (Phi) is 6.16. The fourth-order valence-electron chi connectivity index (χ4n) is 3.19. The van der Waals surface area contributed by atoms with Crippen LogP contribution in [0.1, 0.15) is 27.7 Å². The van der Waals surface area contributed by atoms with Crippen LogP contribution in [0.3, 0.4) is 0 Å². The van der Waals surface area contributed by atoms with Crippen LogP contribution in [0.4, 0.5) is 4.39 Å². The molecule has 158 valence electrons. The van der Waals surface area contributed by atoms with E-state index in [0.29, 0.717) is 15.7 Å². The van der Waals surface area contributed by atoms with Gasteiger partial charge in [-0.2, -0.15) is 0 Å². The van der Waals surface area contributed by atoms with Crippen LogP contribution in [0.5, 0.6) is 0 Å². The van der Waals surface area contributed by atoms with Gasteiger partial charge in [0.1, 0.15) is 22.1 Å². The maximum absolute atomic E-state index is 14.0. The first-order chi connectivity index (χ1) is 14.3. The number of halogens is 1. The lowest BCUT2D eigenvalue weighted by atomic mass is 10.1. The minimum atomic E-state index is -1.35. The van der Waals surface area contributed by atoms with Gasteiger partial charge in [-0.1, -0.05) is 18.2 Å². The number of benzene rings is 1. The molecule has 0 amide bonds. The van der Waals surface area contributed by atoms with Gasteiger partial charge < -0.3 is 9.84 Å². The van der Waals surface area contributed by atoms with Crippen molar-refractivity contribution in [1.82, 2.24) is 9.13 Å². The summed E-state index contributed by atoms with van der Waals surface area (Å²) in [7, 11) is 0. The highest BCUT2D eigenvalue weighted by molar-refractivity contribution is 7.20. The highest BCUT2D eigenvalue weighted by Gasteiger charge is 2.24. The Morgan fingerprint density at radius 1 is 1.20 bits per heavy atom. The Labute approximate surface area is 173 Å². The molecule has 30 heavy (non-hydrogen) atoms. The summed E-state index contributed by atoms with van der Waals surface area (Å²) in [5, 5.41) is 9.21. The summed E-state index contributed by atoms with van der Waals surface area (Å²) in [5.41, 5.74) is -0.934. The van der Waals surface area contributed by atoms with Crippen molar-refractivity contribution in [2.24, 2.45) is 0 Å². The molecule has 1 N–H and O–H groups in total. The SMILES string of the molecule is CCOC(=O)c1sc2c(c1C)c(=O)n(CC(=O)O)c(=O)n2CCc1ccccc1F. The number of ether oxygens (including phenoxy) is 1. The third-order valence-electron chi connectivity index (χ3n) is 4.61. The van der Waals surface area contributed by atoms with Crippen molar-refractivity contribution in [3.8, 4) is 0 Å².